The molecule has 42 heavy (non-hydrogen) atoms. The van der Waals surface area contributed by atoms with Crippen molar-refractivity contribution in [1.82, 2.24) is 10.2 Å². The van der Waals surface area contributed by atoms with Gasteiger partial charge in [-0.1, -0.05) is 78.3 Å². The normalized spacial score (nSPS) is 11.9. The van der Waals surface area contributed by atoms with Crippen LogP contribution < -0.4 is 9.62 Å². The van der Waals surface area contributed by atoms with Crippen LogP contribution in [0.25, 0.3) is 0 Å². The van der Waals surface area contributed by atoms with Crippen LogP contribution in [-0.4, -0.2) is 44.8 Å². The Hall–Kier alpha value is -4.21. The van der Waals surface area contributed by atoms with E-state index in [4.69, 9.17) is 11.6 Å². The number of benzene rings is 4. The molecule has 10 heteroatoms. The molecule has 218 valence electrons. The van der Waals surface area contributed by atoms with Crippen LogP contribution >= 0.6 is 11.6 Å². The van der Waals surface area contributed by atoms with Crippen molar-refractivity contribution in [2.45, 2.75) is 30.8 Å². The van der Waals surface area contributed by atoms with Crippen molar-refractivity contribution in [3.63, 3.8) is 0 Å². The summed E-state index contributed by atoms with van der Waals surface area (Å²) in [5, 5.41) is 2.97. The van der Waals surface area contributed by atoms with Crippen LogP contribution in [0.1, 0.15) is 16.7 Å². The number of sulfonamides is 1. The van der Waals surface area contributed by atoms with Gasteiger partial charge in [-0.05, 0) is 60.0 Å². The van der Waals surface area contributed by atoms with Crippen molar-refractivity contribution in [1.29, 1.82) is 0 Å². The number of halogens is 2. The van der Waals surface area contributed by atoms with Crippen molar-refractivity contribution < 1.29 is 22.4 Å². The van der Waals surface area contributed by atoms with Gasteiger partial charge in [0.25, 0.3) is 10.0 Å². The van der Waals surface area contributed by atoms with Gasteiger partial charge in [-0.3, -0.25) is 13.9 Å². The number of amides is 2. The first-order valence-electron chi connectivity index (χ1n) is 13.2. The number of hydrogen-bond donors (Lipinski definition) is 1. The summed E-state index contributed by atoms with van der Waals surface area (Å²) in [4.78, 5) is 28.9. The summed E-state index contributed by atoms with van der Waals surface area (Å²) >= 11 is 6.37. The first-order valence-corrected chi connectivity index (χ1v) is 15.1. The van der Waals surface area contributed by atoms with E-state index >= 15 is 0 Å². The Labute approximate surface area is 250 Å². The molecule has 0 aliphatic heterocycles. The molecule has 1 N–H and O–H groups in total. The Morgan fingerprint density at radius 1 is 0.857 bits per heavy atom. The van der Waals surface area contributed by atoms with Gasteiger partial charge in [0, 0.05) is 25.0 Å². The highest BCUT2D eigenvalue weighted by Gasteiger charge is 2.35. The average Bonchev–Trinajstić information content (AvgIpc) is 3.00. The number of rotatable bonds is 11. The van der Waals surface area contributed by atoms with Gasteiger partial charge in [-0.25, -0.2) is 12.8 Å². The van der Waals surface area contributed by atoms with Crippen LogP contribution in [0, 0.1) is 12.7 Å². The van der Waals surface area contributed by atoms with E-state index in [1.165, 1.54) is 48.3 Å². The first-order chi connectivity index (χ1) is 20.1. The van der Waals surface area contributed by atoms with Crippen LogP contribution in [-0.2, 0) is 32.6 Å². The SMILES string of the molecule is CNC(=O)[C@H](Cc1ccccc1)N(Cc1ccc(F)cc1)C(=O)CN(c1cccc(Cl)c1C)S(=O)(=O)c1ccccc1. The molecular weight excluding hydrogens is 577 g/mol. The minimum absolute atomic E-state index is 0.00519. The Morgan fingerprint density at radius 3 is 2.10 bits per heavy atom. The van der Waals surface area contributed by atoms with Crippen LogP contribution in [0.5, 0.6) is 0 Å². The van der Waals surface area contributed by atoms with Crippen molar-refractivity contribution >= 4 is 39.1 Å². The fraction of sp³-hybridized carbons (Fsp3) is 0.188. The number of carbonyl (C=O) groups excluding carboxylic acids is 2. The summed E-state index contributed by atoms with van der Waals surface area (Å²) in [6.45, 7) is 1.01. The van der Waals surface area contributed by atoms with E-state index in [0.29, 0.717) is 16.1 Å². The molecule has 0 heterocycles. The standard InChI is InChI=1S/C32H31ClFN3O4S/c1-23-28(33)14-9-15-29(23)37(42(40,41)27-12-7-4-8-13-27)22-31(38)36(21-25-16-18-26(34)19-17-25)30(32(39)35-2)20-24-10-5-3-6-11-24/h3-19,30H,20-22H2,1-2H3,(H,35,39)/t30-/m0/s1. The number of likely N-dealkylation sites (N-methyl/N-ethyl adjacent to an activating group) is 1. The third kappa shape index (κ3) is 7.16. The second-order valence-corrected chi connectivity index (χ2v) is 11.9. The minimum Gasteiger partial charge on any atom is -0.357 e. The molecule has 0 radical (unpaired) electrons. The predicted octanol–water partition coefficient (Wildman–Crippen LogP) is 5.37. The molecule has 0 fully saturated rings. The zero-order valence-corrected chi connectivity index (χ0v) is 24.8. The van der Waals surface area contributed by atoms with Crippen LogP contribution in [0.15, 0.2) is 108 Å². The van der Waals surface area contributed by atoms with Gasteiger partial charge < -0.3 is 10.2 Å². The van der Waals surface area contributed by atoms with Crippen molar-refractivity contribution in [2.75, 3.05) is 17.9 Å². The number of hydrogen-bond acceptors (Lipinski definition) is 4. The maximum Gasteiger partial charge on any atom is 0.264 e. The van der Waals surface area contributed by atoms with E-state index in [2.05, 4.69) is 5.32 Å². The lowest BCUT2D eigenvalue weighted by Gasteiger charge is -2.34. The molecular formula is C32H31ClFN3O4S. The monoisotopic (exact) mass is 607 g/mol. The van der Waals surface area contributed by atoms with Crippen molar-refractivity contribution in [2.24, 2.45) is 0 Å². The summed E-state index contributed by atoms with van der Waals surface area (Å²) in [6, 6.07) is 26.4. The fourth-order valence-electron chi connectivity index (χ4n) is 4.61. The smallest absolute Gasteiger partial charge is 0.264 e. The summed E-state index contributed by atoms with van der Waals surface area (Å²) in [5.74, 6) is -1.49. The molecule has 0 aliphatic carbocycles. The lowest BCUT2D eigenvalue weighted by atomic mass is 10.0. The molecule has 0 bridgehead atoms. The van der Waals surface area contributed by atoms with Gasteiger partial charge in [0.05, 0.1) is 10.6 Å². The zero-order valence-electron chi connectivity index (χ0n) is 23.2. The zero-order chi connectivity index (χ0) is 30.3. The molecule has 7 nitrogen and oxygen atoms in total. The number of nitrogens with zero attached hydrogens (tertiary/aromatic N) is 2. The molecule has 0 saturated carbocycles. The van der Waals surface area contributed by atoms with E-state index in [0.717, 1.165) is 9.87 Å². The maximum absolute atomic E-state index is 14.3. The van der Waals surface area contributed by atoms with E-state index in [1.807, 2.05) is 30.3 Å². The van der Waals surface area contributed by atoms with Gasteiger partial charge in [0.2, 0.25) is 11.8 Å². The van der Waals surface area contributed by atoms with Gasteiger partial charge >= 0.3 is 0 Å². The first kappa shape index (κ1) is 30.7. The second kappa shape index (κ2) is 13.6. The Kier molecular flexibility index (Phi) is 9.98. The maximum atomic E-state index is 14.3. The molecule has 4 rings (SSSR count). The van der Waals surface area contributed by atoms with Gasteiger partial charge in [0.15, 0.2) is 0 Å². The lowest BCUT2D eigenvalue weighted by Crippen LogP contribution is -2.53. The molecule has 2 amide bonds. The molecule has 4 aromatic carbocycles. The number of carbonyl (C=O) groups is 2. The molecule has 1 atom stereocenters. The number of nitrogens with one attached hydrogen (secondary N) is 1. The second-order valence-electron chi connectivity index (χ2n) is 9.68. The van der Waals surface area contributed by atoms with E-state index in [9.17, 15) is 22.4 Å². The number of anilines is 1. The van der Waals surface area contributed by atoms with Gasteiger partial charge in [-0.2, -0.15) is 0 Å². The molecule has 0 aliphatic rings. The Bertz CT molecular complexity index is 1640. The van der Waals surface area contributed by atoms with E-state index in [1.54, 1.807) is 43.3 Å². The van der Waals surface area contributed by atoms with Crippen molar-refractivity contribution in [3.05, 3.63) is 131 Å². The molecule has 0 unspecified atom stereocenters. The van der Waals surface area contributed by atoms with Gasteiger partial charge in [0.1, 0.15) is 18.4 Å². The average molecular weight is 608 g/mol. The highest BCUT2D eigenvalue weighted by Crippen LogP contribution is 2.31. The van der Waals surface area contributed by atoms with Crippen LogP contribution in [0.3, 0.4) is 0 Å². The Balaban J connectivity index is 1.81. The summed E-state index contributed by atoms with van der Waals surface area (Å²) in [7, 11) is -2.76. The molecule has 0 saturated heterocycles. The summed E-state index contributed by atoms with van der Waals surface area (Å²) in [5.41, 5.74) is 2.09. The fourth-order valence-corrected chi connectivity index (χ4v) is 6.27. The largest absolute Gasteiger partial charge is 0.357 e. The molecule has 4 aromatic rings. The summed E-state index contributed by atoms with van der Waals surface area (Å²) in [6.07, 6.45) is 0.176. The van der Waals surface area contributed by atoms with E-state index in [-0.39, 0.29) is 23.5 Å². The highest BCUT2D eigenvalue weighted by atomic mass is 35.5. The van der Waals surface area contributed by atoms with E-state index < -0.39 is 40.2 Å². The third-order valence-corrected chi connectivity index (χ3v) is 9.08. The van der Waals surface area contributed by atoms with Crippen LogP contribution in [0.4, 0.5) is 10.1 Å². The molecule has 0 aromatic heterocycles. The van der Waals surface area contributed by atoms with Crippen LogP contribution in [0.2, 0.25) is 5.02 Å². The Morgan fingerprint density at radius 2 is 1.48 bits per heavy atom. The lowest BCUT2D eigenvalue weighted by molar-refractivity contribution is -0.139. The quantitative estimate of drug-likeness (QED) is 0.248. The topological polar surface area (TPSA) is 86.8 Å². The third-order valence-electron chi connectivity index (χ3n) is 6.90. The molecule has 0 spiro atoms. The predicted molar refractivity (Wildman–Crippen MR) is 162 cm³/mol. The van der Waals surface area contributed by atoms with Gasteiger partial charge in [-0.15, -0.1) is 0 Å². The minimum atomic E-state index is -4.23. The van der Waals surface area contributed by atoms with Crippen molar-refractivity contribution in [3.8, 4) is 0 Å². The highest BCUT2D eigenvalue weighted by molar-refractivity contribution is 7.92. The summed E-state index contributed by atoms with van der Waals surface area (Å²) < 4.78 is 42.7.